The van der Waals surface area contributed by atoms with Crippen LogP contribution >= 0.6 is 0 Å². The van der Waals surface area contributed by atoms with E-state index in [1.54, 1.807) is 0 Å². The van der Waals surface area contributed by atoms with E-state index in [-0.39, 0.29) is 5.91 Å². The number of para-hydroxylation sites is 3. The van der Waals surface area contributed by atoms with Crippen LogP contribution in [0.3, 0.4) is 0 Å². The topological polar surface area (TPSA) is 76.1 Å². The first-order chi connectivity index (χ1) is 13.6. The van der Waals surface area contributed by atoms with E-state index in [0.717, 1.165) is 17.9 Å². The molecule has 3 rings (SSSR count). The molecule has 28 heavy (non-hydrogen) atoms. The third-order valence-electron chi connectivity index (χ3n) is 4.03. The number of ether oxygens (including phenoxy) is 1. The molecule has 3 aromatic rings. The predicted octanol–water partition coefficient (Wildman–Crippen LogP) is 4.79. The average molecular weight is 376 g/mol. The van der Waals surface area contributed by atoms with Crippen LogP contribution in [0.25, 0.3) is 0 Å². The number of carbonyl (C=O) groups excluding carboxylic acids is 1. The minimum atomic E-state index is -0.167. The molecule has 0 aliphatic carbocycles. The van der Waals surface area contributed by atoms with E-state index in [9.17, 15) is 4.79 Å². The standard InChI is InChI=1S/C22H24N4O2/c1-16(2)12-13-23-21(27)17-14-24-22(25-15-17)26-19-10-6-7-11-20(19)28-18-8-4-3-5-9-18/h3-11,14-16H,12-13H2,1-2H3,(H,23,27)(H,24,25,26). The number of anilines is 2. The van der Waals surface area contributed by atoms with Crippen LogP contribution in [0.15, 0.2) is 67.0 Å². The smallest absolute Gasteiger partial charge is 0.254 e. The molecular formula is C22H24N4O2. The molecular weight excluding hydrogens is 352 g/mol. The highest BCUT2D eigenvalue weighted by Gasteiger charge is 2.09. The lowest BCUT2D eigenvalue weighted by molar-refractivity contribution is 0.0951. The molecule has 0 unspecified atom stereocenters. The maximum Gasteiger partial charge on any atom is 0.254 e. The van der Waals surface area contributed by atoms with Gasteiger partial charge in [0, 0.05) is 18.9 Å². The zero-order valence-electron chi connectivity index (χ0n) is 16.1. The maximum absolute atomic E-state index is 12.1. The van der Waals surface area contributed by atoms with Gasteiger partial charge in [0.1, 0.15) is 5.75 Å². The molecule has 6 nitrogen and oxygen atoms in total. The summed E-state index contributed by atoms with van der Waals surface area (Å²) in [7, 11) is 0. The van der Waals surface area contributed by atoms with Gasteiger partial charge < -0.3 is 15.4 Å². The second-order valence-corrected chi connectivity index (χ2v) is 6.77. The molecule has 2 aromatic carbocycles. The van der Waals surface area contributed by atoms with Crippen molar-refractivity contribution in [3.05, 3.63) is 72.6 Å². The SMILES string of the molecule is CC(C)CCNC(=O)c1cnc(Nc2ccccc2Oc2ccccc2)nc1. The molecule has 0 aliphatic rings. The summed E-state index contributed by atoms with van der Waals surface area (Å²) in [6.45, 7) is 4.88. The second-order valence-electron chi connectivity index (χ2n) is 6.77. The maximum atomic E-state index is 12.1. The van der Waals surface area contributed by atoms with Gasteiger partial charge in [0.2, 0.25) is 5.95 Å². The Morgan fingerprint density at radius 1 is 1.00 bits per heavy atom. The van der Waals surface area contributed by atoms with Crippen LogP contribution in [0.1, 0.15) is 30.6 Å². The molecule has 2 N–H and O–H groups in total. The summed E-state index contributed by atoms with van der Waals surface area (Å²) in [4.78, 5) is 20.6. The molecule has 0 radical (unpaired) electrons. The van der Waals surface area contributed by atoms with Gasteiger partial charge in [-0.1, -0.05) is 44.2 Å². The molecule has 1 heterocycles. The van der Waals surface area contributed by atoms with Gasteiger partial charge in [-0.3, -0.25) is 4.79 Å². The van der Waals surface area contributed by atoms with Crippen LogP contribution in [0.2, 0.25) is 0 Å². The summed E-state index contributed by atoms with van der Waals surface area (Å²) in [5.41, 5.74) is 1.17. The van der Waals surface area contributed by atoms with E-state index in [4.69, 9.17) is 4.74 Å². The fourth-order valence-electron chi connectivity index (χ4n) is 2.48. The number of amides is 1. The van der Waals surface area contributed by atoms with E-state index in [1.165, 1.54) is 12.4 Å². The van der Waals surface area contributed by atoms with Crippen molar-refractivity contribution in [1.29, 1.82) is 0 Å². The summed E-state index contributed by atoms with van der Waals surface area (Å²) >= 11 is 0. The van der Waals surface area contributed by atoms with Crippen LogP contribution in [-0.4, -0.2) is 22.4 Å². The highest BCUT2D eigenvalue weighted by atomic mass is 16.5. The monoisotopic (exact) mass is 376 g/mol. The number of hydrogen-bond acceptors (Lipinski definition) is 5. The van der Waals surface area contributed by atoms with Gasteiger partial charge in [-0.2, -0.15) is 0 Å². The lowest BCUT2D eigenvalue weighted by atomic mass is 10.1. The number of rotatable bonds is 8. The first-order valence-electron chi connectivity index (χ1n) is 9.31. The summed E-state index contributed by atoms with van der Waals surface area (Å²) in [6.07, 6.45) is 3.96. The third-order valence-corrected chi connectivity index (χ3v) is 4.03. The number of nitrogens with one attached hydrogen (secondary N) is 2. The van der Waals surface area contributed by atoms with Gasteiger partial charge in [-0.25, -0.2) is 9.97 Å². The Labute approximate surface area is 165 Å². The van der Waals surface area contributed by atoms with Gasteiger partial charge in [-0.05, 0) is 36.6 Å². The van der Waals surface area contributed by atoms with Crippen LogP contribution in [0.5, 0.6) is 11.5 Å². The van der Waals surface area contributed by atoms with Gasteiger partial charge in [-0.15, -0.1) is 0 Å². The molecule has 1 amide bonds. The summed E-state index contributed by atoms with van der Waals surface area (Å²) in [5, 5.41) is 6.01. The first kappa shape index (κ1) is 19.4. The van der Waals surface area contributed by atoms with E-state index < -0.39 is 0 Å². The molecule has 1 aromatic heterocycles. The highest BCUT2D eigenvalue weighted by molar-refractivity contribution is 5.93. The van der Waals surface area contributed by atoms with Crippen molar-refractivity contribution < 1.29 is 9.53 Å². The van der Waals surface area contributed by atoms with E-state index in [2.05, 4.69) is 34.4 Å². The van der Waals surface area contributed by atoms with E-state index >= 15 is 0 Å². The van der Waals surface area contributed by atoms with Crippen LogP contribution in [0.4, 0.5) is 11.6 Å². The zero-order valence-corrected chi connectivity index (χ0v) is 16.1. The van der Waals surface area contributed by atoms with Gasteiger partial charge in [0.15, 0.2) is 5.75 Å². The Kier molecular flexibility index (Phi) is 6.57. The molecule has 0 saturated heterocycles. The van der Waals surface area contributed by atoms with Crippen molar-refractivity contribution in [2.45, 2.75) is 20.3 Å². The Balaban J connectivity index is 1.65. The lowest BCUT2D eigenvalue weighted by Crippen LogP contribution is -2.25. The fourth-order valence-corrected chi connectivity index (χ4v) is 2.48. The molecule has 0 fully saturated rings. The second kappa shape index (κ2) is 9.50. The third kappa shape index (κ3) is 5.54. The van der Waals surface area contributed by atoms with Crippen molar-refractivity contribution in [2.24, 2.45) is 5.92 Å². The van der Waals surface area contributed by atoms with Crippen molar-refractivity contribution in [1.82, 2.24) is 15.3 Å². The van der Waals surface area contributed by atoms with E-state index in [1.807, 2.05) is 54.6 Å². The molecule has 0 spiro atoms. The average Bonchev–Trinajstić information content (AvgIpc) is 2.70. The normalized spacial score (nSPS) is 10.5. The Morgan fingerprint density at radius 2 is 1.68 bits per heavy atom. The quantitative estimate of drug-likeness (QED) is 0.591. The summed E-state index contributed by atoms with van der Waals surface area (Å²) in [6, 6.07) is 17.1. The number of benzene rings is 2. The van der Waals surface area contributed by atoms with Crippen molar-refractivity contribution >= 4 is 17.5 Å². The van der Waals surface area contributed by atoms with Gasteiger partial charge in [0.25, 0.3) is 5.91 Å². The largest absolute Gasteiger partial charge is 0.455 e. The Morgan fingerprint density at radius 3 is 2.39 bits per heavy atom. The minimum absolute atomic E-state index is 0.167. The fraction of sp³-hybridized carbons (Fsp3) is 0.227. The predicted molar refractivity (Wildman–Crippen MR) is 110 cm³/mol. The minimum Gasteiger partial charge on any atom is -0.455 e. The summed E-state index contributed by atoms with van der Waals surface area (Å²) < 4.78 is 5.93. The van der Waals surface area contributed by atoms with Crippen molar-refractivity contribution in [3.8, 4) is 11.5 Å². The number of hydrogen-bond donors (Lipinski definition) is 2. The van der Waals surface area contributed by atoms with Gasteiger partial charge >= 0.3 is 0 Å². The molecule has 0 bridgehead atoms. The van der Waals surface area contributed by atoms with Crippen LogP contribution < -0.4 is 15.4 Å². The Hall–Kier alpha value is -3.41. The molecule has 0 saturated carbocycles. The molecule has 0 aliphatic heterocycles. The lowest BCUT2D eigenvalue weighted by Gasteiger charge is -2.12. The number of aromatic nitrogens is 2. The van der Waals surface area contributed by atoms with Crippen LogP contribution in [-0.2, 0) is 0 Å². The molecule has 6 heteroatoms. The van der Waals surface area contributed by atoms with Crippen molar-refractivity contribution in [3.63, 3.8) is 0 Å². The summed E-state index contributed by atoms with van der Waals surface area (Å²) in [5.74, 6) is 2.17. The first-order valence-corrected chi connectivity index (χ1v) is 9.31. The van der Waals surface area contributed by atoms with Crippen molar-refractivity contribution in [2.75, 3.05) is 11.9 Å². The van der Waals surface area contributed by atoms with Crippen LogP contribution in [0, 0.1) is 5.92 Å². The zero-order chi connectivity index (χ0) is 19.8. The molecule has 0 atom stereocenters. The van der Waals surface area contributed by atoms with E-state index in [0.29, 0.717) is 29.7 Å². The molecule has 144 valence electrons. The number of carbonyl (C=O) groups is 1. The Bertz CT molecular complexity index is 896. The van der Waals surface area contributed by atoms with Gasteiger partial charge in [0.05, 0.1) is 11.3 Å². The highest BCUT2D eigenvalue weighted by Crippen LogP contribution is 2.30. The number of nitrogens with zero attached hydrogens (tertiary/aromatic N) is 2.